The molecule has 1 N–H and O–H groups in total. The number of nitrogens with zero attached hydrogens (tertiary/aromatic N) is 1. The van der Waals surface area contributed by atoms with Gasteiger partial charge in [-0.3, -0.25) is 9.69 Å². The number of nitrogens with one attached hydrogen (secondary N) is 1. The Balaban J connectivity index is 1.34. The van der Waals surface area contributed by atoms with Crippen molar-refractivity contribution in [2.75, 3.05) is 32.6 Å². The number of methoxy groups -OCH3 is 1. The van der Waals surface area contributed by atoms with Crippen LogP contribution in [0, 0.1) is 5.92 Å². The number of hydrogen-bond donors (Lipinski definition) is 1. The molecule has 1 aliphatic carbocycles. The zero-order valence-electron chi connectivity index (χ0n) is 12.1. The van der Waals surface area contributed by atoms with E-state index in [1.54, 1.807) is 7.11 Å². The molecule has 3 aliphatic rings. The number of halogens is 1. The largest absolute Gasteiger partial charge is 0.377 e. The van der Waals surface area contributed by atoms with Crippen molar-refractivity contribution < 1.29 is 14.3 Å². The maximum atomic E-state index is 12.0. The summed E-state index contributed by atoms with van der Waals surface area (Å²) in [6, 6.07) is 0. The molecule has 3 rings (SSSR count). The second-order valence-electron chi connectivity index (χ2n) is 5.78. The van der Waals surface area contributed by atoms with Crippen LogP contribution < -0.4 is 5.32 Å². The highest BCUT2D eigenvalue weighted by atomic mass is 35.5. The van der Waals surface area contributed by atoms with Crippen molar-refractivity contribution in [3.05, 3.63) is 23.8 Å². The summed E-state index contributed by atoms with van der Waals surface area (Å²) in [6.07, 6.45) is 6.96. The van der Waals surface area contributed by atoms with Crippen LogP contribution in [0.5, 0.6) is 0 Å². The van der Waals surface area contributed by atoms with Crippen molar-refractivity contribution in [3.63, 3.8) is 0 Å². The van der Waals surface area contributed by atoms with Crippen LogP contribution in [0.2, 0.25) is 0 Å². The second kappa shape index (κ2) is 6.48. The van der Waals surface area contributed by atoms with E-state index in [0.29, 0.717) is 18.3 Å². The zero-order valence-corrected chi connectivity index (χ0v) is 12.9. The number of carbonyl (C=O) groups is 1. The summed E-state index contributed by atoms with van der Waals surface area (Å²) in [7, 11) is 1.68. The van der Waals surface area contributed by atoms with Gasteiger partial charge >= 0.3 is 0 Å². The predicted molar refractivity (Wildman–Crippen MR) is 80.1 cm³/mol. The van der Waals surface area contributed by atoms with Crippen molar-refractivity contribution >= 4 is 17.5 Å². The molecule has 2 aliphatic heterocycles. The number of rotatable bonds is 6. The maximum absolute atomic E-state index is 12.0. The molecule has 116 valence electrons. The molecule has 0 bridgehead atoms. The van der Waals surface area contributed by atoms with Gasteiger partial charge in [0.25, 0.3) is 5.91 Å². The van der Waals surface area contributed by atoms with E-state index in [1.807, 2.05) is 18.2 Å². The standard InChI is InChI=1S/C15H21ClN2O3/c1-20-12-4-2-11(3-5-12)14(19)17-7-10-8-18(9-10)15-13(6-16)21-15/h2-4,10,12-13,15H,5-9H2,1H3,(H,17,19)/t12?,13-,15?/m0/s1. The number of epoxide rings is 1. The fourth-order valence-corrected chi connectivity index (χ4v) is 3.02. The fourth-order valence-electron chi connectivity index (χ4n) is 2.80. The van der Waals surface area contributed by atoms with Gasteiger partial charge in [0.2, 0.25) is 0 Å². The van der Waals surface area contributed by atoms with E-state index in [9.17, 15) is 4.79 Å². The summed E-state index contributed by atoms with van der Waals surface area (Å²) in [6.45, 7) is 2.66. The first kappa shape index (κ1) is 15.0. The topological polar surface area (TPSA) is 54.1 Å². The molecule has 0 spiro atoms. The lowest BCUT2D eigenvalue weighted by Crippen LogP contribution is -2.53. The van der Waals surface area contributed by atoms with Crippen molar-refractivity contribution in [2.45, 2.75) is 24.9 Å². The van der Waals surface area contributed by atoms with Crippen LogP contribution in [-0.4, -0.2) is 61.9 Å². The summed E-state index contributed by atoms with van der Waals surface area (Å²) in [5.74, 6) is 1.07. The first-order chi connectivity index (χ1) is 10.2. The Morgan fingerprint density at radius 3 is 2.95 bits per heavy atom. The molecule has 21 heavy (non-hydrogen) atoms. The first-order valence-electron chi connectivity index (χ1n) is 7.36. The molecule has 0 aromatic carbocycles. The van der Waals surface area contributed by atoms with Crippen LogP contribution in [0.15, 0.2) is 23.8 Å². The van der Waals surface area contributed by atoms with Crippen molar-refractivity contribution in [3.8, 4) is 0 Å². The summed E-state index contributed by atoms with van der Waals surface area (Å²) in [5, 5.41) is 3.00. The van der Waals surface area contributed by atoms with Gasteiger partial charge in [0, 0.05) is 38.2 Å². The number of carbonyl (C=O) groups excluding carboxylic acids is 1. The molecule has 0 aromatic rings. The number of amides is 1. The third kappa shape index (κ3) is 3.48. The van der Waals surface area contributed by atoms with E-state index in [1.165, 1.54) is 0 Å². The number of likely N-dealkylation sites (tertiary alicyclic amines) is 1. The SMILES string of the molecule is COC1C=CC(C(=O)NCC2CN(C3O[C@H]3CCl)C2)=CC1. The van der Waals surface area contributed by atoms with E-state index in [-0.39, 0.29) is 24.3 Å². The molecular formula is C15H21ClN2O3. The van der Waals surface area contributed by atoms with Gasteiger partial charge in [0.15, 0.2) is 0 Å². The van der Waals surface area contributed by atoms with E-state index in [2.05, 4.69) is 10.2 Å². The van der Waals surface area contributed by atoms with Gasteiger partial charge in [-0.1, -0.05) is 18.2 Å². The molecule has 2 fully saturated rings. The van der Waals surface area contributed by atoms with Gasteiger partial charge < -0.3 is 14.8 Å². The number of hydrogen-bond acceptors (Lipinski definition) is 4. The lowest BCUT2D eigenvalue weighted by Gasteiger charge is -2.38. The summed E-state index contributed by atoms with van der Waals surface area (Å²) in [5.41, 5.74) is 0.729. The molecule has 6 heteroatoms. The monoisotopic (exact) mass is 312 g/mol. The molecule has 5 nitrogen and oxygen atoms in total. The molecule has 0 radical (unpaired) electrons. The summed E-state index contributed by atoms with van der Waals surface area (Å²) < 4.78 is 10.6. The normalized spacial score (nSPS) is 32.5. The minimum Gasteiger partial charge on any atom is -0.377 e. The van der Waals surface area contributed by atoms with Crippen LogP contribution in [0.1, 0.15) is 6.42 Å². The fraction of sp³-hybridized carbons (Fsp3) is 0.667. The predicted octanol–water partition coefficient (Wildman–Crippen LogP) is 0.899. The van der Waals surface area contributed by atoms with Gasteiger partial charge in [-0.05, 0) is 6.42 Å². The van der Waals surface area contributed by atoms with Crippen LogP contribution in [0.4, 0.5) is 0 Å². The van der Waals surface area contributed by atoms with Crippen LogP contribution in [-0.2, 0) is 14.3 Å². The van der Waals surface area contributed by atoms with E-state index in [0.717, 1.165) is 25.1 Å². The van der Waals surface area contributed by atoms with Crippen molar-refractivity contribution in [2.24, 2.45) is 5.92 Å². The van der Waals surface area contributed by atoms with Crippen LogP contribution in [0.25, 0.3) is 0 Å². The van der Waals surface area contributed by atoms with Gasteiger partial charge in [-0.2, -0.15) is 0 Å². The van der Waals surface area contributed by atoms with Crippen molar-refractivity contribution in [1.82, 2.24) is 10.2 Å². The van der Waals surface area contributed by atoms with Crippen LogP contribution >= 0.6 is 11.6 Å². The smallest absolute Gasteiger partial charge is 0.250 e. The third-order valence-electron chi connectivity index (χ3n) is 4.23. The van der Waals surface area contributed by atoms with E-state index >= 15 is 0 Å². The highest BCUT2D eigenvalue weighted by Crippen LogP contribution is 2.32. The van der Waals surface area contributed by atoms with E-state index < -0.39 is 0 Å². The number of ether oxygens (including phenoxy) is 2. The lowest BCUT2D eigenvalue weighted by molar-refractivity contribution is -0.117. The Bertz CT molecular complexity index is 460. The van der Waals surface area contributed by atoms with Gasteiger partial charge in [-0.15, -0.1) is 11.6 Å². The van der Waals surface area contributed by atoms with Gasteiger partial charge in [-0.25, -0.2) is 0 Å². The lowest BCUT2D eigenvalue weighted by atomic mass is 9.99. The molecule has 3 atom stereocenters. The highest BCUT2D eigenvalue weighted by molar-refractivity contribution is 6.18. The van der Waals surface area contributed by atoms with E-state index in [4.69, 9.17) is 21.1 Å². The molecule has 0 aromatic heterocycles. The number of alkyl halides is 1. The minimum atomic E-state index is 0.000518. The quantitative estimate of drug-likeness (QED) is 0.585. The van der Waals surface area contributed by atoms with Gasteiger partial charge in [0.1, 0.15) is 12.3 Å². The van der Waals surface area contributed by atoms with Gasteiger partial charge in [0.05, 0.1) is 12.0 Å². The Hall–Kier alpha value is -0.880. The van der Waals surface area contributed by atoms with Crippen molar-refractivity contribution in [1.29, 1.82) is 0 Å². The summed E-state index contributed by atoms with van der Waals surface area (Å²) in [4.78, 5) is 14.3. The average Bonchev–Trinajstić information content (AvgIpc) is 3.25. The minimum absolute atomic E-state index is 0.000518. The Kier molecular flexibility index (Phi) is 4.64. The molecule has 2 heterocycles. The third-order valence-corrected chi connectivity index (χ3v) is 4.53. The zero-order chi connectivity index (χ0) is 14.8. The highest BCUT2D eigenvalue weighted by Gasteiger charge is 2.47. The Morgan fingerprint density at radius 2 is 2.38 bits per heavy atom. The maximum Gasteiger partial charge on any atom is 0.250 e. The molecule has 2 saturated heterocycles. The molecule has 2 unspecified atom stereocenters. The summed E-state index contributed by atoms with van der Waals surface area (Å²) >= 11 is 5.73. The Morgan fingerprint density at radius 1 is 1.57 bits per heavy atom. The second-order valence-corrected chi connectivity index (χ2v) is 6.09. The Labute approximate surface area is 129 Å². The average molecular weight is 313 g/mol. The molecular weight excluding hydrogens is 292 g/mol. The van der Waals surface area contributed by atoms with Crippen LogP contribution in [0.3, 0.4) is 0 Å². The first-order valence-corrected chi connectivity index (χ1v) is 7.89. The molecule has 1 amide bonds. The molecule has 0 saturated carbocycles.